The minimum absolute atomic E-state index is 0.0875. The van der Waals surface area contributed by atoms with Gasteiger partial charge in [0.25, 0.3) is 0 Å². The molecule has 4 rings (SSSR count). The standard InChI is InChI=1S/C28H25F3O2/c1-2-3-18-4-6-19(7-5-18)8-9-20-10-12-21(13-11-20)28(32)33-23-14-15-24-22(16-23)17-25(29)27(31)26(24)30/h10-19H,2-7H2,1H3. The number of rotatable bonds is 4. The van der Waals surface area contributed by atoms with E-state index in [1.54, 1.807) is 24.3 Å². The third-order valence-corrected chi connectivity index (χ3v) is 6.24. The van der Waals surface area contributed by atoms with Crippen molar-refractivity contribution in [3.05, 3.63) is 77.1 Å². The third kappa shape index (κ3) is 5.39. The monoisotopic (exact) mass is 450 g/mol. The van der Waals surface area contributed by atoms with Crippen molar-refractivity contribution in [3.8, 4) is 17.6 Å². The molecule has 1 aliphatic carbocycles. The van der Waals surface area contributed by atoms with Gasteiger partial charge in [-0.1, -0.05) is 31.6 Å². The Morgan fingerprint density at radius 2 is 1.70 bits per heavy atom. The number of hydrogen-bond donors (Lipinski definition) is 0. The number of carbonyl (C=O) groups is 1. The Balaban J connectivity index is 1.40. The highest BCUT2D eigenvalue weighted by atomic mass is 19.2. The van der Waals surface area contributed by atoms with Crippen molar-refractivity contribution in [1.29, 1.82) is 0 Å². The minimum Gasteiger partial charge on any atom is -0.423 e. The summed E-state index contributed by atoms with van der Waals surface area (Å²) in [6.07, 6.45) is 7.35. The van der Waals surface area contributed by atoms with E-state index in [0.29, 0.717) is 11.5 Å². The first kappa shape index (κ1) is 22.9. The average molecular weight is 451 g/mol. The van der Waals surface area contributed by atoms with Gasteiger partial charge in [-0.25, -0.2) is 18.0 Å². The second-order valence-electron chi connectivity index (χ2n) is 8.61. The van der Waals surface area contributed by atoms with Crippen LogP contribution in [0.1, 0.15) is 61.4 Å². The first-order valence-corrected chi connectivity index (χ1v) is 11.4. The number of ether oxygens (including phenoxy) is 1. The van der Waals surface area contributed by atoms with Crippen LogP contribution in [0.2, 0.25) is 0 Å². The van der Waals surface area contributed by atoms with Crippen molar-refractivity contribution >= 4 is 16.7 Å². The molecule has 3 aromatic rings. The maximum atomic E-state index is 13.9. The molecule has 0 N–H and O–H groups in total. The molecule has 1 aliphatic rings. The molecule has 3 aromatic carbocycles. The zero-order chi connectivity index (χ0) is 23.4. The molecular formula is C28H25F3O2. The van der Waals surface area contributed by atoms with E-state index in [0.717, 1.165) is 30.4 Å². The van der Waals surface area contributed by atoms with E-state index in [-0.39, 0.29) is 16.5 Å². The van der Waals surface area contributed by atoms with Gasteiger partial charge in [0.2, 0.25) is 0 Å². The largest absolute Gasteiger partial charge is 0.423 e. The molecule has 0 amide bonds. The molecular weight excluding hydrogens is 425 g/mol. The van der Waals surface area contributed by atoms with Gasteiger partial charge < -0.3 is 4.74 Å². The minimum atomic E-state index is -1.53. The summed E-state index contributed by atoms with van der Waals surface area (Å²) in [5.74, 6) is 3.26. The van der Waals surface area contributed by atoms with E-state index in [9.17, 15) is 18.0 Å². The van der Waals surface area contributed by atoms with Crippen LogP contribution in [0.5, 0.6) is 5.75 Å². The van der Waals surface area contributed by atoms with Crippen LogP contribution in [0.25, 0.3) is 10.8 Å². The molecule has 33 heavy (non-hydrogen) atoms. The van der Waals surface area contributed by atoms with Crippen molar-refractivity contribution in [1.82, 2.24) is 0 Å². The lowest BCUT2D eigenvalue weighted by Gasteiger charge is -2.25. The molecule has 5 heteroatoms. The van der Waals surface area contributed by atoms with Gasteiger partial charge in [-0.15, -0.1) is 0 Å². The predicted molar refractivity (Wildman–Crippen MR) is 122 cm³/mol. The van der Waals surface area contributed by atoms with Crippen LogP contribution < -0.4 is 4.74 Å². The SMILES string of the molecule is CCCC1CCC(C#Cc2ccc(C(=O)Oc3ccc4c(F)c(F)c(F)cc4c3)cc2)CC1. The topological polar surface area (TPSA) is 26.3 Å². The summed E-state index contributed by atoms with van der Waals surface area (Å²) in [6.45, 7) is 2.23. The molecule has 170 valence electrons. The molecule has 0 unspecified atom stereocenters. The molecule has 0 atom stereocenters. The average Bonchev–Trinajstić information content (AvgIpc) is 2.82. The van der Waals surface area contributed by atoms with Crippen LogP contribution in [-0.2, 0) is 0 Å². The van der Waals surface area contributed by atoms with Crippen LogP contribution in [0.15, 0.2) is 48.5 Å². The molecule has 0 radical (unpaired) electrons. The lowest BCUT2D eigenvalue weighted by atomic mass is 9.80. The van der Waals surface area contributed by atoms with Crippen LogP contribution >= 0.6 is 0 Å². The molecule has 2 nitrogen and oxygen atoms in total. The molecule has 0 aromatic heterocycles. The zero-order valence-corrected chi connectivity index (χ0v) is 18.5. The van der Waals surface area contributed by atoms with Gasteiger partial charge in [-0.05, 0) is 85.5 Å². The normalized spacial score (nSPS) is 17.9. The van der Waals surface area contributed by atoms with E-state index < -0.39 is 23.4 Å². The number of carbonyl (C=O) groups excluding carboxylic acids is 1. The number of fused-ring (bicyclic) bond motifs is 1. The van der Waals surface area contributed by atoms with Gasteiger partial charge in [-0.2, -0.15) is 0 Å². The highest BCUT2D eigenvalue weighted by Gasteiger charge is 2.19. The Labute approximate surface area is 191 Å². The summed E-state index contributed by atoms with van der Waals surface area (Å²) in [5, 5.41) is 0.0153. The predicted octanol–water partition coefficient (Wildman–Crippen LogP) is 7.43. The summed E-state index contributed by atoms with van der Waals surface area (Å²) in [5.41, 5.74) is 1.16. The second-order valence-corrected chi connectivity index (χ2v) is 8.61. The Morgan fingerprint density at radius 1 is 0.970 bits per heavy atom. The van der Waals surface area contributed by atoms with E-state index in [4.69, 9.17) is 4.74 Å². The summed E-state index contributed by atoms with van der Waals surface area (Å²) in [6, 6.07) is 11.6. The van der Waals surface area contributed by atoms with Crippen molar-refractivity contribution in [2.75, 3.05) is 0 Å². The van der Waals surface area contributed by atoms with E-state index in [2.05, 4.69) is 18.8 Å². The molecule has 0 bridgehead atoms. The van der Waals surface area contributed by atoms with Crippen LogP contribution in [-0.4, -0.2) is 5.97 Å². The Bertz CT molecular complexity index is 1210. The number of esters is 1. The quantitative estimate of drug-likeness (QED) is 0.179. The van der Waals surface area contributed by atoms with Gasteiger partial charge in [0.15, 0.2) is 17.5 Å². The lowest BCUT2D eigenvalue weighted by molar-refractivity contribution is 0.0735. The summed E-state index contributed by atoms with van der Waals surface area (Å²) in [4.78, 5) is 12.5. The highest BCUT2D eigenvalue weighted by Crippen LogP contribution is 2.31. The highest BCUT2D eigenvalue weighted by molar-refractivity contribution is 5.92. The lowest BCUT2D eigenvalue weighted by Crippen LogP contribution is -2.13. The third-order valence-electron chi connectivity index (χ3n) is 6.24. The summed E-state index contributed by atoms with van der Waals surface area (Å²) in [7, 11) is 0. The van der Waals surface area contributed by atoms with Crippen LogP contribution in [0, 0.1) is 41.1 Å². The first-order chi connectivity index (χ1) is 15.9. The molecule has 0 heterocycles. The van der Waals surface area contributed by atoms with Crippen molar-refractivity contribution in [3.63, 3.8) is 0 Å². The first-order valence-electron chi connectivity index (χ1n) is 11.4. The number of benzene rings is 3. The van der Waals surface area contributed by atoms with Gasteiger partial charge in [-0.3, -0.25) is 0 Å². The second kappa shape index (κ2) is 10.1. The van der Waals surface area contributed by atoms with E-state index in [1.165, 1.54) is 43.9 Å². The Morgan fingerprint density at radius 3 is 2.39 bits per heavy atom. The number of hydrogen-bond acceptors (Lipinski definition) is 2. The van der Waals surface area contributed by atoms with Gasteiger partial charge in [0.1, 0.15) is 5.75 Å². The fraction of sp³-hybridized carbons (Fsp3) is 0.321. The molecule has 0 aliphatic heterocycles. The molecule has 0 saturated heterocycles. The van der Waals surface area contributed by atoms with E-state index in [1.807, 2.05) is 0 Å². The molecule has 0 spiro atoms. The van der Waals surface area contributed by atoms with Gasteiger partial charge in [0, 0.05) is 16.9 Å². The number of halogens is 3. The van der Waals surface area contributed by atoms with Gasteiger partial charge in [0.05, 0.1) is 5.56 Å². The fourth-order valence-electron chi connectivity index (χ4n) is 4.39. The van der Waals surface area contributed by atoms with Crippen molar-refractivity contribution < 1.29 is 22.7 Å². The Hall–Kier alpha value is -3.26. The summed E-state index contributed by atoms with van der Waals surface area (Å²) >= 11 is 0. The molecule has 1 saturated carbocycles. The molecule has 1 fully saturated rings. The van der Waals surface area contributed by atoms with E-state index >= 15 is 0 Å². The zero-order valence-electron chi connectivity index (χ0n) is 18.5. The summed E-state index contributed by atoms with van der Waals surface area (Å²) < 4.78 is 46.1. The fourth-order valence-corrected chi connectivity index (χ4v) is 4.39. The van der Waals surface area contributed by atoms with Crippen molar-refractivity contribution in [2.45, 2.75) is 45.4 Å². The smallest absolute Gasteiger partial charge is 0.343 e. The maximum Gasteiger partial charge on any atom is 0.343 e. The maximum absolute atomic E-state index is 13.9. The van der Waals surface area contributed by atoms with Gasteiger partial charge >= 0.3 is 5.97 Å². The Kier molecular flexibility index (Phi) is 7.03. The van der Waals surface area contributed by atoms with Crippen LogP contribution in [0.4, 0.5) is 13.2 Å². The van der Waals surface area contributed by atoms with Crippen LogP contribution in [0.3, 0.4) is 0 Å². The van der Waals surface area contributed by atoms with Crippen molar-refractivity contribution in [2.24, 2.45) is 11.8 Å².